The first kappa shape index (κ1) is 20.6. The average molecular weight is 385 g/mol. The third-order valence-corrected chi connectivity index (χ3v) is 6.40. The quantitative estimate of drug-likeness (QED) is 0.790. The second-order valence-electron chi connectivity index (χ2n) is 7.01. The Morgan fingerprint density at radius 3 is 2.68 bits per heavy atom. The minimum Gasteiger partial charge on any atom is -0.378 e. The molecule has 1 amide bonds. The van der Waals surface area contributed by atoms with E-state index in [0.29, 0.717) is 13.0 Å². The van der Waals surface area contributed by atoms with Gasteiger partial charge >= 0.3 is 0 Å². The van der Waals surface area contributed by atoms with Gasteiger partial charge in [0.25, 0.3) is 0 Å². The Morgan fingerprint density at radius 1 is 1.32 bits per heavy atom. The zero-order valence-corrected chi connectivity index (χ0v) is 16.5. The van der Waals surface area contributed by atoms with Crippen molar-refractivity contribution in [3.63, 3.8) is 0 Å². The number of nitrogens with one attached hydrogen (secondary N) is 2. The molecule has 2 N–H and O–H groups in total. The second-order valence-corrected chi connectivity index (χ2v) is 8.55. The van der Waals surface area contributed by atoms with Gasteiger partial charge in [-0.05, 0) is 31.9 Å². The van der Waals surface area contributed by atoms with Gasteiger partial charge in [-0.25, -0.2) is 0 Å². The maximum absolute atomic E-state index is 12.3. The summed E-state index contributed by atoms with van der Waals surface area (Å²) < 4.78 is 5.58. The summed E-state index contributed by atoms with van der Waals surface area (Å²) in [7, 11) is 0. The van der Waals surface area contributed by atoms with Crippen LogP contribution in [-0.2, 0) is 9.53 Å². The molecule has 1 saturated heterocycles. The zero-order valence-electron chi connectivity index (χ0n) is 14.9. The van der Waals surface area contributed by atoms with E-state index >= 15 is 0 Å². The van der Waals surface area contributed by atoms with Gasteiger partial charge in [-0.15, -0.1) is 24.2 Å². The van der Waals surface area contributed by atoms with Crippen molar-refractivity contribution in [2.45, 2.75) is 54.7 Å². The number of halogens is 1. The molecule has 1 aromatic carbocycles. The summed E-state index contributed by atoms with van der Waals surface area (Å²) in [5.41, 5.74) is 1.29. The van der Waals surface area contributed by atoms with Crippen LogP contribution in [0.1, 0.15) is 37.7 Å². The molecule has 0 radical (unpaired) electrons. The van der Waals surface area contributed by atoms with Crippen molar-refractivity contribution in [1.29, 1.82) is 0 Å². The molecule has 1 unspecified atom stereocenters. The lowest BCUT2D eigenvalue weighted by molar-refractivity contribution is -0.122. The second kappa shape index (κ2) is 9.81. The van der Waals surface area contributed by atoms with E-state index < -0.39 is 0 Å². The van der Waals surface area contributed by atoms with E-state index in [1.54, 1.807) is 0 Å². The summed E-state index contributed by atoms with van der Waals surface area (Å²) in [6, 6.07) is 8.88. The first-order valence-corrected chi connectivity index (χ1v) is 9.80. The number of ether oxygens (including phenoxy) is 1. The van der Waals surface area contributed by atoms with Crippen molar-refractivity contribution < 1.29 is 9.53 Å². The van der Waals surface area contributed by atoms with Crippen molar-refractivity contribution in [2.24, 2.45) is 0 Å². The Morgan fingerprint density at radius 2 is 2.04 bits per heavy atom. The molecular weight excluding hydrogens is 356 g/mol. The average Bonchev–Trinajstić information content (AvgIpc) is 3.05. The molecule has 2 aliphatic rings. The van der Waals surface area contributed by atoms with Gasteiger partial charge in [-0.1, -0.05) is 30.5 Å². The largest absolute Gasteiger partial charge is 0.378 e. The van der Waals surface area contributed by atoms with Crippen LogP contribution in [0, 0.1) is 6.92 Å². The number of rotatable bonds is 6. The smallest absolute Gasteiger partial charge is 0.221 e. The first-order chi connectivity index (χ1) is 11.7. The van der Waals surface area contributed by atoms with Crippen LogP contribution in [0.3, 0.4) is 0 Å². The van der Waals surface area contributed by atoms with Crippen molar-refractivity contribution in [3.05, 3.63) is 29.8 Å². The van der Waals surface area contributed by atoms with Gasteiger partial charge in [0, 0.05) is 35.2 Å². The fourth-order valence-corrected chi connectivity index (χ4v) is 4.91. The van der Waals surface area contributed by atoms with Crippen LogP contribution in [-0.4, -0.2) is 43.0 Å². The molecule has 1 aliphatic heterocycles. The molecule has 0 bridgehead atoms. The van der Waals surface area contributed by atoms with Gasteiger partial charge in [-0.2, -0.15) is 0 Å². The molecule has 0 spiro atoms. The minimum absolute atomic E-state index is 0. The molecule has 3 rings (SSSR count). The fourth-order valence-electron chi connectivity index (χ4n) is 3.50. The van der Waals surface area contributed by atoms with E-state index in [4.69, 9.17) is 4.74 Å². The third kappa shape index (κ3) is 6.17. The highest BCUT2D eigenvalue weighted by molar-refractivity contribution is 8.00. The molecular formula is C19H29ClN2O2S. The summed E-state index contributed by atoms with van der Waals surface area (Å²) in [6.45, 7) is 5.09. The van der Waals surface area contributed by atoms with Gasteiger partial charge in [0.15, 0.2) is 0 Å². The monoisotopic (exact) mass is 384 g/mol. The maximum atomic E-state index is 12.3. The van der Waals surface area contributed by atoms with E-state index in [9.17, 15) is 4.79 Å². The maximum Gasteiger partial charge on any atom is 0.221 e. The highest BCUT2D eigenvalue weighted by Crippen LogP contribution is 2.44. The normalized spacial score (nSPS) is 22.2. The lowest BCUT2D eigenvalue weighted by Gasteiger charge is -2.29. The molecule has 1 aliphatic carbocycles. The summed E-state index contributed by atoms with van der Waals surface area (Å²) in [4.78, 5) is 13.6. The molecule has 1 aromatic rings. The van der Waals surface area contributed by atoms with Crippen molar-refractivity contribution in [2.75, 3.05) is 26.3 Å². The molecule has 1 heterocycles. The predicted octanol–water partition coefficient (Wildman–Crippen LogP) is 3.32. The third-order valence-electron chi connectivity index (χ3n) is 4.91. The molecule has 1 saturated carbocycles. The Labute approximate surface area is 161 Å². The lowest BCUT2D eigenvalue weighted by atomic mass is 10.1. The van der Waals surface area contributed by atoms with Crippen LogP contribution in [0.4, 0.5) is 0 Å². The Balaban J connectivity index is 0.00000225. The Hall–Kier alpha value is -0.750. The van der Waals surface area contributed by atoms with Crippen LogP contribution >= 0.6 is 24.2 Å². The fraction of sp³-hybridized carbons (Fsp3) is 0.632. The van der Waals surface area contributed by atoms with Gasteiger partial charge in [0.2, 0.25) is 5.91 Å². The number of amides is 1. The van der Waals surface area contributed by atoms with Crippen molar-refractivity contribution in [1.82, 2.24) is 10.6 Å². The molecule has 4 nitrogen and oxygen atoms in total. The van der Waals surface area contributed by atoms with Gasteiger partial charge < -0.3 is 15.4 Å². The summed E-state index contributed by atoms with van der Waals surface area (Å²) in [6.07, 6.45) is 5.37. The first-order valence-electron chi connectivity index (χ1n) is 8.99. The predicted molar refractivity (Wildman–Crippen MR) is 106 cm³/mol. The Bertz CT molecular complexity index is 541. The SMILES string of the molecule is Cc1ccc(SC2(CNC(=O)CC3COCCN3)CCCC2)cc1.Cl. The number of carbonyl (C=O) groups is 1. The summed E-state index contributed by atoms with van der Waals surface area (Å²) in [5.74, 6) is 0.133. The van der Waals surface area contributed by atoms with Gasteiger partial charge in [-0.3, -0.25) is 4.79 Å². The van der Waals surface area contributed by atoms with Crippen LogP contribution in [0.25, 0.3) is 0 Å². The topological polar surface area (TPSA) is 50.4 Å². The van der Waals surface area contributed by atoms with Crippen molar-refractivity contribution in [3.8, 4) is 0 Å². The van der Waals surface area contributed by atoms with Gasteiger partial charge in [0.05, 0.1) is 13.2 Å². The van der Waals surface area contributed by atoms with E-state index in [1.807, 2.05) is 11.8 Å². The van der Waals surface area contributed by atoms with E-state index in [2.05, 4.69) is 41.8 Å². The molecule has 140 valence electrons. The number of aryl methyl sites for hydroxylation is 1. The number of hydrogen-bond acceptors (Lipinski definition) is 4. The van der Waals surface area contributed by atoms with E-state index in [-0.39, 0.29) is 29.1 Å². The number of benzene rings is 1. The van der Waals surface area contributed by atoms with Crippen LogP contribution in [0.15, 0.2) is 29.2 Å². The molecule has 6 heteroatoms. The summed E-state index contributed by atoms with van der Waals surface area (Å²) >= 11 is 1.94. The Kier molecular flexibility index (Phi) is 8.07. The minimum atomic E-state index is 0. The number of hydrogen-bond donors (Lipinski definition) is 2. The summed E-state index contributed by atoms with van der Waals surface area (Å²) in [5, 5.41) is 6.53. The zero-order chi connectivity index (χ0) is 16.8. The highest BCUT2D eigenvalue weighted by atomic mass is 35.5. The van der Waals surface area contributed by atoms with Crippen LogP contribution < -0.4 is 10.6 Å². The molecule has 2 fully saturated rings. The molecule has 25 heavy (non-hydrogen) atoms. The number of carbonyl (C=O) groups excluding carboxylic acids is 1. The van der Waals surface area contributed by atoms with E-state index in [0.717, 1.165) is 19.7 Å². The number of thioether (sulfide) groups is 1. The lowest BCUT2D eigenvalue weighted by Crippen LogP contribution is -2.46. The number of morpholine rings is 1. The standard InChI is InChI=1S/C19H28N2O2S.ClH/c1-15-4-6-17(7-5-15)24-19(8-2-3-9-19)14-21-18(22)12-16-13-23-11-10-20-16;/h4-7,16,20H,2-3,8-14H2,1H3,(H,21,22);1H. The van der Waals surface area contributed by atoms with Gasteiger partial charge in [0.1, 0.15) is 0 Å². The molecule has 0 aromatic heterocycles. The van der Waals surface area contributed by atoms with Crippen molar-refractivity contribution >= 4 is 30.1 Å². The molecule has 1 atom stereocenters. The highest BCUT2D eigenvalue weighted by Gasteiger charge is 2.35. The van der Waals surface area contributed by atoms with Crippen LogP contribution in [0.2, 0.25) is 0 Å². The van der Waals surface area contributed by atoms with E-state index in [1.165, 1.54) is 36.1 Å². The van der Waals surface area contributed by atoms with Crippen LogP contribution in [0.5, 0.6) is 0 Å².